The maximum atomic E-state index is 13.1. The second-order valence-electron chi connectivity index (χ2n) is 11.5. The zero-order valence-electron chi connectivity index (χ0n) is 27.5. The largest absolute Gasteiger partial charge is 0.508 e. The number of aromatic hydroxyl groups is 1. The third-order valence-corrected chi connectivity index (χ3v) is 6.58. The lowest BCUT2D eigenvalue weighted by Gasteiger charge is -2.25. The summed E-state index contributed by atoms with van der Waals surface area (Å²) < 4.78 is 0. The third kappa shape index (κ3) is 15.8. The molecule has 1 aromatic carbocycles. The van der Waals surface area contributed by atoms with Crippen molar-refractivity contribution in [3.05, 3.63) is 29.8 Å². The fraction of sp³-hybridized carbons (Fsp3) is 0.567. The number of aliphatic hydroxyl groups is 1. The summed E-state index contributed by atoms with van der Waals surface area (Å²) in [5.74, 6) is -4.44. The van der Waals surface area contributed by atoms with Crippen LogP contribution in [-0.4, -0.2) is 102 Å². The second-order valence-corrected chi connectivity index (χ2v) is 11.5. The van der Waals surface area contributed by atoms with Crippen molar-refractivity contribution in [1.82, 2.24) is 31.9 Å². The zero-order valence-corrected chi connectivity index (χ0v) is 27.5. The summed E-state index contributed by atoms with van der Waals surface area (Å²) in [6.45, 7) is 6.91. The van der Waals surface area contributed by atoms with Crippen LogP contribution >= 0.6 is 0 Å². The molecule has 0 fully saturated rings. The van der Waals surface area contributed by atoms with Gasteiger partial charge in [0.2, 0.25) is 35.4 Å². The van der Waals surface area contributed by atoms with E-state index in [9.17, 15) is 39.0 Å². The van der Waals surface area contributed by atoms with Crippen molar-refractivity contribution in [1.29, 1.82) is 0 Å². The van der Waals surface area contributed by atoms with Crippen molar-refractivity contribution in [2.45, 2.75) is 84.1 Å². The van der Waals surface area contributed by atoms with Gasteiger partial charge in [-0.2, -0.15) is 0 Å². The summed E-state index contributed by atoms with van der Waals surface area (Å²) in [6.07, 6.45) is 0.608. The quantitative estimate of drug-likeness (QED) is 0.0413. The summed E-state index contributed by atoms with van der Waals surface area (Å²) in [5.41, 5.74) is 11.3. The molecule has 1 rings (SSSR count). The van der Waals surface area contributed by atoms with Gasteiger partial charge in [-0.3, -0.25) is 33.8 Å². The van der Waals surface area contributed by atoms with E-state index in [4.69, 9.17) is 11.5 Å². The smallest absolute Gasteiger partial charge is 0.245 e. The number of hydrogen-bond acceptors (Lipinski definition) is 9. The summed E-state index contributed by atoms with van der Waals surface area (Å²) in [4.78, 5) is 79.9. The molecule has 17 nitrogen and oxygen atoms in total. The molecule has 0 aliphatic heterocycles. The lowest BCUT2D eigenvalue weighted by Crippen LogP contribution is -2.58. The van der Waals surface area contributed by atoms with Gasteiger partial charge in [-0.15, -0.1) is 0 Å². The Hall–Kier alpha value is -4.93. The van der Waals surface area contributed by atoms with Gasteiger partial charge in [-0.1, -0.05) is 26.0 Å². The number of benzene rings is 1. The Morgan fingerprint density at radius 3 is 1.91 bits per heavy atom. The topological polar surface area (TPSA) is 279 Å². The average molecular weight is 664 g/mol. The van der Waals surface area contributed by atoms with Crippen molar-refractivity contribution in [3.8, 4) is 5.75 Å². The van der Waals surface area contributed by atoms with Gasteiger partial charge in [0.1, 0.15) is 29.9 Å². The molecule has 0 unspecified atom stereocenters. The molecule has 0 aliphatic carbocycles. The number of nitrogens with zero attached hydrogens (tertiary/aromatic N) is 1. The van der Waals surface area contributed by atoms with Crippen LogP contribution in [0.5, 0.6) is 5.75 Å². The van der Waals surface area contributed by atoms with E-state index in [0.717, 1.165) is 0 Å². The van der Waals surface area contributed by atoms with E-state index >= 15 is 0 Å². The number of phenolic OH excluding ortho intramolecular Hbond substituents is 1. The van der Waals surface area contributed by atoms with Gasteiger partial charge in [0.15, 0.2) is 5.96 Å². The van der Waals surface area contributed by atoms with E-state index in [1.807, 2.05) is 0 Å². The minimum absolute atomic E-state index is 0.0371. The number of nitrogens with two attached hydrogens (primary N) is 2. The molecule has 0 saturated carbocycles. The highest BCUT2D eigenvalue weighted by Gasteiger charge is 2.30. The lowest BCUT2D eigenvalue weighted by atomic mass is 10.0. The fourth-order valence-corrected chi connectivity index (χ4v) is 4.26. The number of nitrogens with one attached hydrogen (secondary N) is 6. The van der Waals surface area contributed by atoms with Gasteiger partial charge in [0, 0.05) is 25.9 Å². The minimum Gasteiger partial charge on any atom is -0.508 e. The zero-order chi connectivity index (χ0) is 35.7. The Bertz CT molecular complexity index is 1250. The highest BCUT2D eigenvalue weighted by Crippen LogP contribution is 2.12. The molecule has 12 N–H and O–H groups in total. The van der Waals surface area contributed by atoms with Crippen molar-refractivity contribution in [2.75, 3.05) is 19.7 Å². The summed E-state index contributed by atoms with van der Waals surface area (Å²) in [5, 5.41) is 34.4. The van der Waals surface area contributed by atoms with Crippen LogP contribution in [0.3, 0.4) is 0 Å². The predicted molar refractivity (Wildman–Crippen MR) is 173 cm³/mol. The molecule has 0 radical (unpaired) electrons. The number of phenols is 1. The van der Waals surface area contributed by atoms with Crippen LogP contribution in [0.4, 0.5) is 0 Å². The molecule has 262 valence electrons. The molecule has 6 amide bonds. The Morgan fingerprint density at radius 1 is 0.787 bits per heavy atom. The molecule has 0 aliphatic rings. The predicted octanol–water partition coefficient (Wildman–Crippen LogP) is -2.76. The molecule has 0 aromatic heterocycles. The highest BCUT2D eigenvalue weighted by molar-refractivity contribution is 5.95. The number of carbonyl (C=O) groups excluding carboxylic acids is 6. The van der Waals surface area contributed by atoms with Crippen LogP contribution < -0.4 is 43.4 Å². The second kappa shape index (κ2) is 20.2. The first-order valence-corrected chi connectivity index (χ1v) is 15.2. The van der Waals surface area contributed by atoms with Crippen LogP contribution in [0.1, 0.15) is 53.0 Å². The molecule has 0 heterocycles. The monoisotopic (exact) mass is 663 g/mol. The number of aliphatic hydroxyl groups excluding tert-OH is 1. The maximum absolute atomic E-state index is 13.1. The van der Waals surface area contributed by atoms with Crippen molar-refractivity contribution < 1.29 is 39.0 Å². The number of guanidine groups is 1. The standard InChI is InChI=1S/C30H49N9O8/c1-16(2)25(39-27(45)22(36-18(5)41)13-19-8-10-20(42)11-9-19)29(47)34-14-24(43)37-23(15-40)28(46)38-21(26(44)35-17(3)4)7-6-12-33-30(31)32/h8-11,16-17,21-23,25,40,42H,6-7,12-15H2,1-5H3,(H,34,47)(H,35,44)(H,36,41)(H,37,43)(H,38,46)(H,39,45)(H4,31,32,33)/t21-,22-,23-,25+/m0/s1. The maximum Gasteiger partial charge on any atom is 0.245 e. The van der Waals surface area contributed by atoms with E-state index < -0.39 is 78.7 Å². The number of amides is 6. The molecule has 0 saturated heterocycles. The minimum atomic E-state index is -1.44. The summed E-state index contributed by atoms with van der Waals surface area (Å²) in [6, 6.07) is 1.29. The van der Waals surface area contributed by atoms with Crippen LogP contribution in [0.25, 0.3) is 0 Å². The molecular weight excluding hydrogens is 614 g/mol. The van der Waals surface area contributed by atoms with E-state index in [0.29, 0.717) is 12.0 Å². The van der Waals surface area contributed by atoms with Gasteiger partial charge in [0.25, 0.3) is 0 Å². The van der Waals surface area contributed by atoms with Crippen molar-refractivity contribution in [3.63, 3.8) is 0 Å². The molecular formula is C30H49N9O8. The van der Waals surface area contributed by atoms with Crippen molar-refractivity contribution in [2.24, 2.45) is 22.4 Å². The average Bonchev–Trinajstić information content (AvgIpc) is 2.98. The molecule has 4 atom stereocenters. The molecule has 1 aromatic rings. The SMILES string of the molecule is CC(=O)N[C@@H](Cc1ccc(O)cc1)C(=O)N[C@@H](C(=O)NCC(=O)N[C@@H](CO)C(=O)N[C@@H](CCCN=C(N)N)C(=O)NC(C)C)C(C)C. The molecule has 0 spiro atoms. The first-order valence-electron chi connectivity index (χ1n) is 15.2. The Kier molecular flexibility index (Phi) is 17.3. The Morgan fingerprint density at radius 2 is 1.38 bits per heavy atom. The molecule has 17 heteroatoms. The number of aliphatic imine (C=N–C) groups is 1. The van der Waals surface area contributed by atoms with Crippen LogP contribution in [0, 0.1) is 5.92 Å². The number of hydrogen-bond donors (Lipinski definition) is 10. The Labute approximate surface area is 274 Å². The van der Waals surface area contributed by atoms with E-state index in [1.54, 1.807) is 39.8 Å². The van der Waals surface area contributed by atoms with Gasteiger partial charge < -0.3 is 53.6 Å². The van der Waals surface area contributed by atoms with E-state index in [2.05, 4.69) is 36.9 Å². The van der Waals surface area contributed by atoms with E-state index in [1.165, 1.54) is 19.1 Å². The van der Waals surface area contributed by atoms with Crippen LogP contribution in [0.2, 0.25) is 0 Å². The van der Waals surface area contributed by atoms with Gasteiger partial charge >= 0.3 is 0 Å². The highest BCUT2D eigenvalue weighted by atomic mass is 16.3. The number of rotatable bonds is 19. The first-order chi connectivity index (χ1) is 22.0. The lowest BCUT2D eigenvalue weighted by molar-refractivity contribution is -0.134. The normalized spacial score (nSPS) is 13.4. The number of carbonyl (C=O) groups is 6. The van der Waals surface area contributed by atoms with Gasteiger partial charge in [-0.05, 0) is 50.3 Å². The summed E-state index contributed by atoms with van der Waals surface area (Å²) in [7, 11) is 0. The summed E-state index contributed by atoms with van der Waals surface area (Å²) >= 11 is 0. The molecule has 47 heavy (non-hydrogen) atoms. The van der Waals surface area contributed by atoms with E-state index in [-0.39, 0.29) is 37.1 Å². The van der Waals surface area contributed by atoms with Gasteiger partial charge in [-0.25, -0.2) is 0 Å². The Balaban J connectivity index is 2.84. The fourth-order valence-electron chi connectivity index (χ4n) is 4.26. The van der Waals surface area contributed by atoms with Crippen molar-refractivity contribution >= 4 is 41.4 Å². The van der Waals surface area contributed by atoms with Gasteiger partial charge in [0.05, 0.1) is 13.2 Å². The molecule has 0 bridgehead atoms. The van der Waals surface area contributed by atoms with Crippen LogP contribution in [-0.2, 0) is 35.2 Å². The first kappa shape index (κ1) is 40.1. The third-order valence-electron chi connectivity index (χ3n) is 6.58. The van der Waals surface area contributed by atoms with Crippen LogP contribution in [0.15, 0.2) is 29.3 Å².